The lowest BCUT2D eigenvalue weighted by Gasteiger charge is -2.36. The van der Waals surface area contributed by atoms with E-state index in [9.17, 15) is 4.79 Å². The van der Waals surface area contributed by atoms with Gasteiger partial charge in [0.2, 0.25) is 11.8 Å². The maximum atomic E-state index is 12.1. The number of carbonyl (C=O) groups is 1. The second-order valence-electron chi connectivity index (χ2n) is 5.60. The summed E-state index contributed by atoms with van der Waals surface area (Å²) in [6.45, 7) is 9.62. The lowest BCUT2D eigenvalue weighted by Crippen LogP contribution is -2.55. The standard InChI is InChI=1S/C13H23N3O2/c1-6-9-7-15-10(18-9)8-16-11(17)12(2,3)13(4,5)14/h7H,6,8,14H2,1-5H3,(H,16,17). The second-order valence-corrected chi connectivity index (χ2v) is 5.60. The Hall–Kier alpha value is -1.36. The number of nitrogens with one attached hydrogen (secondary N) is 1. The molecule has 0 saturated heterocycles. The van der Waals surface area contributed by atoms with Crippen molar-refractivity contribution in [2.75, 3.05) is 0 Å². The van der Waals surface area contributed by atoms with Crippen LogP contribution in [0.1, 0.15) is 46.3 Å². The Morgan fingerprint density at radius 3 is 2.50 bits per heavy atom. The van der Waals surface area contributed by atoms with Crippen LogP contribution in [0.3, 0.4) is 0 Å². The second kappa shape index (κ2) is 5.10. The summed E-state index contributed by atoms with van der Waals surface area (Å²) in [5.74, 6) is 1.23. The number of carbonyl (C=O) groups excluding carboxylic acids is 1. The van der Waals surface area contributed by atoms with Crippen LogP contribution in [-0.2, 0) is 17.8 Å². The van der Waals surface area contributed by atoms with Crippen molar-refractivity contribution in [3.63, 3.8) is 0 Å². The third-order valence-corrected chi connectivity index (χ3v) is 3.53. The van der Waals surface area contributed by atoms with Crippen molar-refractivity contribution in [3.8, 4) is 0 Å². The number of oxazole rings is 1. The molecule has 0 unspecified atom stereocenters. The third-order valence-electron chi connectivity index (χ3n) is 3.53. The smallest absolute Gasteiger partial charge is 0.227 e. The molecule has 0 aromatic carbocycles. The van der Waals surface area contributed by atoms with Gasteiger partial charge in [0.05, 0.1) is 18.2 Å². The van der Waals surface area contributed by atoms with Crippen molar-refractivity contribution in [3.05, 3.63) is 17.8 Å². The van der Waals surface area contributed by atoms with E-state index in [0.717, 1.165) is 12.2 Å². The summed E-state index contributed by atoms with van der Waals surface area (Å²) < 4.78 is 5.42. The first-order chi connectivity index (χ1) is 8.18. The summed E-state index contributed by atoms with van der Waals surface area (Å²) in [5.41, 5.74) is 4.75. The highest BCUT2D eigenvalue weighted by atomic mass is 16.4. The maximum Gasteiger partial charge on any atom is 0.227 e. The summed E-state index contributed by atoms with van der Waals surface area (Å²) in [7, 11) is 0. The van der Waals surface area contributed by atoms with Gasteiger partial charge in [-0.25, -0.2) is 4.98 Å². The fourth-order valence-electron chi connectivity index (χ4n) is 1.26. The van der Waals surface area contributed by atoms with Crippen LogP contribution in [0.2, 0.25) is 0 Å². The molecule has 0 spiro atoms. The minimum absolute atomic E-state index is 0.105. The van der Waals surface area contributed by atoms with Crippen molar-refractivity contribution in [1.82, 2.24) is 10.3 Å². The fourth-order valence-corrected chi connectivity index (χ4v) is 1.26. The van der Waals surface area contributed by atoms with Crippen molar-refractivity contribution >= 4 is 5.91 Å². The van der Waals surface area contributed by atoms with Gasteiger partial charge in [-0.05, 0) is 27.7 Å². The molecule has 5 heteroatoms. The van der Waals surface area contributed by atoms with Crippen LogP contribution >= 0.6 is 0 Å². The zero-order valence-corrected chi connectivity index (χ0v) is 11.8. The van der Waals surface area contributed by atoms with E-state index in [2.05, 4.69) is 10.3 Å². The van der Waals surface area contributed by atoms with Gasteiger partial charge in [0.1, 0.15) is 5.76 Å². The number of aromatic nitrogens is 1. The molecular weight excluding hydrogens is 230 g/mol. The van der Waals surface area contributed by atoms with Gasteiger partial charge in [-0.3, -0.25) is 4.79 Å². The van der Waals surface area contributed by atoms with Crippen LogP contribution in [0, 0.1) is 5.41 Å². The zero-order chi connectivity index (χ0) is 14.0. The zero-order valence-electron chi connectivity index (χ0n) is 11.8. The Morgan fingerprint density at radius 2 is 2.06 bits per heavy atom. The van der Waals surface area contributed by atoms with Crippen LogP contribution in [0.5, 0.6) is 0 Å². The van der Waals surface area contributed by atoms with Crippen LogP contribution in [0.4, 0.5) is 0 Å². The molecule has 3 N–H and O–H groups in total. The number of hydrogen-bond donors (Lipinski definition) is 2. The molecule has 0 aliphatic carbocycles. The molecule has 0 atom stereocenters. The van der Waals surface area contributed by atoms with Crippen molar-refractivity contribution in [1.29, 1.82) is 0 Å². The normalized spacial score (nSPS) is 12.6. The summed E-state index contributed by atoms with van der Waals surface area (Å²) >= 11 is 0. The molecule has 0 aliphatic heterocycles. The topological polar surface area (TPSA) is 81.2 Å². The predicted octanol–water partition coefficient (Wildman–Crippen LogP) is 1.62. The molecule has 1 amide bonds. The van der Waals surface area contributed by atoms with Crippen LogP contribution < -0.4 is 11.1 Å². The Labute approximate surface area is 108 Å². The Balaban J connectivity index is 2.61. The molecule has 0 saturated carbocycles. The SMILES string of the molecule is CCc1cnc(CNC(=O)C(C)(C)C(C)(C)N)o1. The Kier molecular flexibility index (Phi) is 4.16. The highest BCUT2D eigenvalue weighted by Crippen LogP contribution is 2.28. The lowest BCUT2D eigenvalue weighted by atomic mass is 9.74. The number of amides is 1. The van der Waals surface area contributed by atoms with Crippen LogP contribution in [0.25, 0.3) is 0 Å². The van der Waals surface area contributed by atoms with Gasteiger partial charge in [0, 0.05) is 12.0 Å². The Bertz CT molecular complexity index is 416. The van der Waals surface area contributed by atoms with E-state index < -0.39 is 11.0 Å². The molecule has 1 aromatic rings. The minimum Gasteiger partial charge on any atom is -0.444 e. The summed E-state index contributed by atoms with van der Waals surface area (Å²) in [6.07, 6.45) is 2.47. The van der Waals surface area contributed by atoms with Crippen LogP contribution in [-0.4, -0.2) is 16.4 Å². The first-order valence-corrected chi connectivity index (χ1v) is 6.19. The van der Waals surface area contributed by atoms with Crippen molar-refractivity contribution in [2.45, 2.75) is 53.1 Å². The highest BCUT2D eigenvalue weighted by Gasteiger charge is 2.40. The van der Waals surface area contributed by atoms with Gasteiger partial charge >= 0.3 is 0 Å². The van der Waals surface area contributed by atoms with E-state index in [4.69, 9.17) is 10.2 Å². The van der Waals surface area contributed by atoms with E-state index in [1.807, 2.05) is 34.6 Å². The largest absolute Gasteiger partial charge is 0.444 e. The number of nitrogens with zero attached hydrogens (tertiary/aromatic N) is 1. The van der Waals surface area contributed by atoms with E-state index in [1.54, 1.807) is 6.20 Å². The maximum absolute atomic E-state index is 12.1. The van der Waals surface area contributed by atoms with Crippen molar-refractivity contribution in [2.24, 2.45) is 11.1 Å². The molecule has 18 heavy (non-hydrogen) atoms. The quantitative estimate of drug-likeness (QED) is 0.835. The summed E-state index contributed by atoms with van der Waals surface area (Å²) in [6, 6.07) is 0. The monoisotopic (exact) mass is 253 g/mol. The number of nitrogens with two attached hydrogens (primary N) is 1. The van der Waals surface area contributed by atoms with E-state index >= 15 is 0 Å². The minimum atomic E-state index is -0.660. The number of aryl methyl sites for hydroxylation is 1. The highest BCUT2D eigenvalue weighted by molar-refractivity contribution is 5.83. The average molecular weight is 253 g/mol. The van der Waals surface area contributed by atoms with Gasteiger partial charge in [-0.15, -0.1) is 0 Å². The van der Waals surface area contributed by atoms with Gasteiger partial charge in [-0.1, -0.05) is 6.92 Å². The first kappa shape index (κ1) is 14.7. The number of rotatable bonds is 5. The molecule has 102 valence electrons. The number of hydrogen-bond acceptors (Lipinski definition) is 4. The van der Waals surface area contributed by atoms with Gasteiger partial charge in [-0.2, -0.15) is 0 Å². The lowest BCUT2D eigenvalue weighted by molar-refractivity contribution is -0.132. The molecule has 0 bridgehead atoms. The van der Waals surface area contributed by atoms with Gasteiger partial charge in [0.25, 0.3) is 0 Å². The molecule has 1 aromatic heterocycles. The molecule has 5 nitrogen and oxygen atoms in total. The molecular formula is C13H23N3O2. The molecule has 1 rings (SSSR count). The summed E-state index contributed by atoms with van der Waals surface area (Å²) in [5, 5.41) is 2.81. The fraction of sp³-hybridized carbons (Fsp3) is 0.692. The van der Waals surface area contributed by atoms with E-state index in [1.165, 1.54) is 0 Å². The molecule has 0 radical (unpaired) electrons. The average Bonchev–Trinajstić information content (AvgIpc) is 2.72. The van der Waals surface area contributed by atoms with E-state index in [0.29, 0.717) is 12.4 Å². The van der Waals surface area contributed by atoms with E-state index in [-0.39, 0.29) is 5.91 Å². The van der Waals surface area contributed by atoms with Crippen LogP contribution in [0.15, 0.2) is 10.6 Å². The third kappa shape index (κ3) is 3.10. The van der Waals surface area contributed by atoms with Crippen molar-refractivity contribution < 1.29 is 9.21 Å². The van der Waals surface area contributed by atoms with Gasteiger partial charge in [0.15, 0.2) is 0 Å². The molecule has 1 heterocycles. The Morgan fingerprint density at radius 1 is 1.44 bits per heavy atom. The van der Waals surface area contributed by atoms with Gasteiger partial charge < -0.3 is 15.5 Å². The molecule has 0 aliphatic rings. The first-order valence-electron chi connectivity index (χ1n) is 6.19. The summed E-state index contributed by atoms with van der Waals surface area (Å²) in [4.78, 5) is 16.2. The predicted molar refractivity (Wildman–Crippen MR) is 69.8 cm³/mol. The molecule has 0 fully saturated rings.